The number of para-hydroxylation sites is 1. The highest BCUT2D eigenvalue weighted by Gasteiger charge is 2.14. The van der Waals surface area contributed by atoms with Crippen LogP contribution in [0.4, 0.5) is 5.69 Å². The van der Waals surface area contributed by atoms with Crippen molar-refractivity contribution in [3.63, 3.8) is 0 Å². The van der Waals surface area contributed by atoms with E-state index < -0.39 is 11.9 Å². The maximum atomic E-state index is 12.0. The second-order valence-electron chi connectivity index (χ2n) is 5.24. The predicted molar refractivity (Wildman–Crippen MR) is 88.7 cm³/mol. The number of anilines is 1. The molecule has 0 fully saturated rings. The highest BCUT2D eigenvalue weighted by molar-refractivity contribution is 6.01. The molecule has 24 heavy (non-hydrogen) atoms. The molecule has 0 bridgehead atoms. The number of ether oxygens (including phenoxy) is 1. The summed E-state index contributed by atoms with van der Waals surface area (Å²) in [5, 5.41) is 11.6. The molecule has 0 saturated heterocycles. The number of carbonyl (C=O) groups excluding carboxylic acids is 2. The van der Waals surface area contributed by atoms with Gasteiger partial charge in [-0.3, -0.25) is 9.59 Å². The van der Waals surface area contributed by atoms with Crippen molar-refractivity contribution in [3.8, 4) is 5.75 Å². The Balaban J connectivity index is 2.09. The number of hydrogen-bond donors (Lipinski definition) is 2. The molecule has 6 heteroatoms. The average Bonchev–Trinajstić information content (AvgIpc) is 2.53. The summed E-state index contributed by atoms with van der Waals surface area (Å²) < 4.78 is 5.43. The second kappa shape index (κ2) is 7.41. The van der Waals surface area contributed by atoms with Gasteiger partial charge in [0, 0.05) is 0 Å². The minimum absolute atomic E-state index is 0.00849. The van der Waals surface area contributed by atoms with Crippen molar-refractivity contribution >= 4 is 23.3 Å². The minimum Gasteiger partial charge on any atom is -0.483 e. The lowest BCUT2D eigenvalue weighted by Gasteiger charge is -2.12. The Labute approximate surface area is 139 Å². The fraction of sp³-hybridized carbons (Fsp3) is 0.167. The molecule has 0 unspecified atom stereocenters. The molecule has 0 saturated carbocycles. The van der Waals surface area contributed by atoms with Crippen LogP contribution in [0.3, 0.4) is 0 Å². The Hall–Kier alpha value is -3.15. The summed E-state index contributed by atoms with van der Waals surface area (Å²) in [4.78, 5) is 34.7. The fourth-order valence-corrected chi connectivity index (χ4v) is 2.15. The van der Waals surface area contributed by atoms with Gasteiger partial charge in [0.2, 0.25) is 0 Å². The lowest BCUT2D eigenvalue weighted by molar-refractivity contribution is -0.118. The van der Waals surface area contributed by atoms with E-state index in [2.05, 4.69) is 5.32 Å². The van der Waals surface area contributed by atoms with E-state index in [0.29, 0.717) is 11.3 Å². The maximum Gasteiger partial charge on any atom is 0.337 e. The molecule has 6 nitrogen and oxygen atoms in total. The number of hydrogen-bond acceptors (Lipinski definition) is 4. The SMILES string of the molecule is CC(=O)c1ccc(C)cc1OCC(=O)Nc1ccccc1C(=O)O. The van der Waals surface area contributed by atoms with Gasteiger partial charge in [0.05, 0.1) is 16.8 Å². The Morgan fingerprint density at radius 2 is 1.79 bits per heavy atom. The van der Waals surface area contributed by atoms with E-state index in [1.54, 1.807) is 30.3 Å². The van der Waals surface area contributed by atoms with Crippen molar-refractivity contribution in [2.24, 2.45) is 0 Å². The van der Waals surface area contributed by atoms with Crippen molar-refractivity contribution in [1.29, 1.82) is 0 Å². The number of amides is 1. The van der Waals surface area contributed by atoms with Gasteiger partial charge >= 0.3 is 5.97 Å². The van der Waals surface area contributed by atoms with Crippen LogP contribution < -0.4 is 10.1 Å². The number of Topliss-reactive ketones (excluding diaryl/α,β-unsaturated/α-hetero) is 1. The standard InChI is InChI=1S/C18H17NO5/c1-11-7-8-13(12(2)20)16(9-11)24-10-17(21)19-15-6-4-3-5-14(15)18(22)23/h3-9H,10H2,1-2H3,(H,19,21)(H,22,23). The molecular weight excluding hydrogens is 310 g/mol. The largest absolute Gasteiger partial charge is 0.483 e. The zero-order valence-electron chi connectivity index (χ0n) is 13.3. The van der Waals surface area contributed by atoms with Crippen LogP contribution in [0.1, 0.15) is 33.2 Å². The van der Waals surface area contributed by atoms with E-state index in [0.717, 1.165) is 5.56 Å². The summed E-state index contributed by atoms with van der Waals surface area (Å²) in [7, 11) is 0. The van der Waals surface area contributed by atoms with E-state index in [1.165, 1.54) is 19.1 Å². The van der Waals surface area contributed by atoms with E-state index in [4.69, 9.17) is 9.84 Å². The average molecular weight is 327 g/mol. The van der Waals surface area contributed by atoms with E-state index in [-0.39, 0.29) is 23.6 Å². The third-order valence-corrected chi connectivity index (χ3v) is 3.31. The van der Waals surface area contributed by atoms with Crippen LogP contribution in [0, 0.1) is 6.92 Å². The van der Waals surface area contributed by atoms with Gasteiger partial charge in [0.25, 0.3) is 5.91 Å². The number of carboxylic acids is 1. The molecule has 0 radical (unpaired) electrons. The number of benzene rings is 2. The van der Waals surface area contributed by atoms with Crippen LogP contribution in [0.5, 0.6) is 5.75 Å². The fourth-order valence-electron chi connectivity index (χ4n) is 2.15. The number of nitrogens with one attached hydrogen (secondary N) is 1. The zero-order valence-corrected chi connectivity index (χ0v) is 13.3. The number of carbonyl (C=O) groups is 3. The monoisotopic (exact) mass is 327 g/mol. The Kier molecular flexibility index (Phi) is 5.31. The Morgan fingerprint density at radius 3 is 2.46 bits per heavy atom. The topological polar surface area (TPSA) is 92.7 Å². The first-order valence-corrected chi connectivity index (χ1v) is 7.25. The summed E-state index contributed by atoms with van der Waals surface area (Å²) in [6.45, 7) is 2.93. The smallest absolute Gasteiger partial charge is 0.337 e. The first-order chi connectivity index (χ1) is 11.4. The molecule has 1 amide bonds. The molecule has 0 aliphatic carbocycles. The summed E-state index contributed by atoms with van der Waals surface area (Å²) in [5.74, 6) is -1.49. The molecule has 124 valence electrons. The number of aryl methyl sites for hydroxylation is 1. The molecule has 0 aromatic heterocycles. The van der Waals surface area contributed by atoms with Gasteiger partial charge in [0.15, 0.2) is 12.4 Å². The number of aromatic carboxylic acids is 1. The second-order valence-corrected chi connectivity index (χ2v) is 5.24. The predicted octanol–water partition coefficient (Wildman–Crippen LogP) is 2.91. The molecule has 0 aliphatic rings. The van der Waals surface area contributed by atoms with E-state index >= 15 is 0 Å². The van der Waals surface area contributed by atoms with Crippen LogP contribution in [0.15, 0.2) is 42.5 Å². The number of rotatable bonds is 6. The van der Waals surface area contributed by atoms with Crippen LogP contribution in [-0.2, 0) is 4.79 Å². The zero-order chi connectivity index (χ0) is 17.7. The van der Waals surface area contributed by atoms with E-state index in [1.807, 2.05) is 6.92 Å². The molecule has 0 atom stereocenters. The molecule has 2 N–H and O–H groups in total. The van der Waals surface area contributed by atoms with Crippen LogP contribution in [-0.4, -0.2) is 29.4 Å². The molecule has 2 aromatic rings. The maximum absolute atomic E-state index is 12.0. The summed E-state index contributed by atoms with van der Waals surface area (Å²) in [5.41, 5.74) is 1.46. The quantitative estimate of drug-likeness (QED) is 0.796. The molecule has 0 spiro atoms. The third-order valence-electron chi connectivity index (χ3n) is 3.31. The lowest BCUT2D eigenvalue weighted by Crippen LogP contribution is -2.22. The van der Waals surface area contributed by atoms with Gasteiger partial charge in [-0.1, -0.05) is 18.2 Å². The van der Waals surface area contributed by atoms with Gasteiger partial charge in [-0.05, 0) is 43.7 Å². The Morgan fingerprint density at radius 1 is 1.08 bits per heavy atom. The van der Waals surface area contributed by atoms with Crippen LogP contribution in [0.2, 0.25) is 0 Å². The molecule has 0 aliphatic heterocycles. The van der Waals surface area contributed by atoms with Gasteiger partial charge in [-0.15, -0.1) is 0 Å². The molecule has 0 heterocycles. The lowest BCUT2D eigenvalue weighted by atomic mass is 10.1. The van der Waals surface area contributed by atoms with Crippen molar-refractivity contribution in [3.05, 3.63) is 59.2 Å². The van der Waals surface area contributed by atoms with Gasteiger partial charge in [-0.25, -0.2) is 4.79 Å². The van der Waals surface area contributed by atoms with Gasteiger partial charge in [-0.2, -0.15) is 0 Å². The van der Waals surface area contributed by atoms with Gasteiger partial charge < -0.3 is 15.2 Å². The van der Waals surface area contributed by atoms with Gasteiger partial charge in [0.1, 0.15) is 5.75 Å². The number of ketones is 1. The third kappa shape index (κ3) is 4.19. The first kappa shape index (κ1) is 17.2. The molecule has 2 rings (SSSR count). The van der Waals surface area contributed by atoms with Crippen molar-refractivity contribution in [1.82, 2.24) is 0 Å². The summed E-state index contributed by atoms with van der Waals surface area (Å²) in [6.07, 6.45) is 0. The van der Waals surface area contributed by atoms with E-state index in [9.17, 15) is 14.4 Å². The molecular formula is C18H17NO5. The Bertz CT molecular complexity index is 798. The normalized spacial score (nSPS) is 10.1. The van der Waals surface area contributed by atoms with Crippen LogP contribution >= 0.6 is 0 Å². The summed E-state index contributed by atoms with van der Waals surface area (Å²) in [6, 6.07) is 11.2. The summed E-state index contributed by atoms with van der Waals surface area (Å²) >= 11 is 0. The van der Waals surface area contributed by atoms with Crippen molar-refractivity contribution in [2.75, 3.05) is 11.9 Å². The highest BCUT2D eigenvalue weighted by atomic mass is 16.5. The molecule has 2 aromatic carbocycles. The minimum atomic E-state index is -1.13. The van der Waals surface area contributed by atoms with Crippen LogP contribution in [0.25, 0.3) is 0 Å². The first-order valence-electron chi connectivity index (χ1n) is 7.25. The van der Waals surface area contributed by atoms with Crippen molar-refractivity contribution < 1.29 is 24.2 Å². The van der Waals surface area contributed by atoms with Crippen molar-refractivity contribution in [2.45, 2.75) is 13.8 Å². The highest BCUT2D eigenvalue weighted by Crippen LogP contribution is 2.21. The number of carboxylic acid groups (broad SMARTS) is 1.